The average Bonchev–Trinajstić information content (AvgIpc) is 2.61. The Morgan fingerprint density at radius 1 is 1.26 bits per heavy atom. The highest BCUT2D eigenvalue weighted by atomic mass is 16.5. The molecule has 0 spiro atoms. The summed E-state index contributed by atoms with van der Waals surface area (Å²) in [6.45, 7) is 13.8. The highest BCUT2D eigenvalue weighted by Gasteiger charge is 2.35. The maximum atomic E-state index is 6.17. The topological polar surface area (TPSA) is 24.5 Å². The third-order valence-electron chi connectivity index (χ3n) is 5.05. The van der Waals surface area contributed by atoms with Crippen molar-refractivity contribution in [3.63, 3.8) is 0 Å². The number of nitrogens with zero attached hydrogens (tertiary/aromatic N) is 1. The van der Waals surface area contributed by atoms with Gasteiger partial charge in [-0.2, -0.15) is 0 Å². The number of ether oxygens (including phenoxy) is 1. The summed E-state index contributed by atoms with van der Waals surface area (Å²) in [5.41, 5.74) is 0.423. The van der Waals surface area contributed by atoms with E-state index < -0.39 is 0 Å². The van der Waals surface area contributed by atoms with Crippen LogP contribution in [-0.2, 0) is 4.74 Å². The van der Waals surface area contributed by atoms with Gasteiger partial charge in [-0.25, -0.2) is 0 Å². The first-order valence-electron chi connectivity index (χ1n) is 8.14. The van der Waals surface area contributed by atoms with Gasteiger partial charge in [0.25, 0.3) is 0 Å². The highest BCUT2D eigenvalue weighted by molar-refractivity contribution is 4.92. The van der Waals surface area contributed by atoms with Gasteiger partial charge >= 0.3 is 0 Å². The molecule has 0 bridgehead atoms. The Morgan fingerprint density at radius 3 is 2.58 bits per heavy atom. The summed E-state index contributed by atoms with van der Waals surface area (Å²) in [4.78, 5) is 2.64. The number of hydrogen-bond acceptors (Lipinski definition) is 3. The molecule has 3 heteroatoms. The van der Waals surface area contributed by atoms with E-state index in [4.69, 9.17) is 4.74 Å². The Bertz CT molecular complexity index is 286. The van der Waals surface area contributed by atoms with E-state index in [0.717, 1.165) is 13.1 Å². The predicted molar refractivity (Wildman–Crippen MR) is 80.6 cm³/mol. The quantitative estimate of drug-likeness (QED) is 0.848. The summed E-state index contributed by atoms with van der Waals surface area (Å²) in [5.74, 6) is 0. The molecule has 19 heavy (non-hydrogen) atoms. The summed E-state index contributed by atoms with van der Waals surface area (Å²) in [5, 5.41) is 3.78. The SMILES string of the molecule is CCC1(CC)CN(CC2CCC(C)(C)O2)CCCN1. The molecular weight excluding hydrogens is 236 g/mol. The second-order valence-electron chi connectivity index (χ2n) is 7.04. The molecule has 1 N–H and O–H groups in total. The lowest BCUT2D eigenvalue weighted by molar-refractivity contribution is -0.0303. The molecule has 0 amide bonds. The molecule has 2 saturated heterocycles. The van der Waals surface area contributed by atoms with E-state index in [1.54, 1.807) is 0 Å². The van der Waals surface area contributed by atoms with Gasteiger partial charge in [0, 0.05) is 18.6 Å². The molecule has 2 heterocycles. The van der Waals surface area contributed by atoms with Crippen molar-refractivity contribution in [1.29, 1.82) is 0 Å². The van der Waals surface area contributed by atoms with Crippen LogP contribution in [0.1, 0.15) is 59.8 Å². The van der Waals surface area contributed by atoms with Crippen molar-refractivity contribution >= 4 is 0 Å². The Balaban J connectivity index is 1.92. The van der Waals surface area contributed by atoms with Gasteiger partial charge in [-0.15, -0.1) is 0 Å². The third-order valence-corrected chi connectivity index (χ3v) is 5.05. The molecule has 2 fully saturated rings. The van der Waals surface area contributed by atoms with E-state index in [2.05, 4.69) is 37.9 Å². The fourth-order valence-corrected chi connectivity index (χ4v) is 3.59. The molecule has 0 aliphatic carbocycles. The molecule has 112 valence electrons. The van der Waals surface area contributed by atoms with E-state index in [-0.39, 0.29) is 5.60 Å². The standard InChI is InChI=1S/C16H32N2O/c1-5-16(6-2)13-18(11-7-10-17-16)12-14-8-9-15(3,4)19-14/h14,17H,5-13H2,1-4H3. The minimum absolute atomic E-state index is 0.0986. The summed E-state index contributed by atoms with van der Waals surface area (Å²) in [6, 6.07) is 0. The summed E-state index contributed by atoms with van der Waals surface area (Å²) < 4.78 is 6.17. The Morgan fingerprint density at radius 2 is 2.00 bits per heavy atom. The molecule has 1 unspecified atom stereocenters. The molecule has 3 nitrogen and oxygen atoms in total. The van der Waals surface area contributed by atoms with Crippen LogP contribution in [-0.4, -0.2) is 48.3 Å². The second kappa shape index (κ2) is 6.11. The van der Waals surface area contributed by atoms with Crippen molar-refractivity contribution in [2.45, 2.75) is 77.0 Å². The zero-order valence-electron chi connectivity index (χ0n) is 13.3. The van der Waals surface area contributed by atoms with Crippen LogP contribution in [0.25, 0.3) is 0 Å². The molecule has 0 aromatic rings. The fraction of sp³-hybridized carbons (Fsp3) is 1.00. The Kier molecular flexibility index (Phi) is 4.91. The summed E-state index contributed by atoms with van der Waals surface area (Å²) >= 11 is 0. The van der Waals surface area contributed by atoms with Crippen LogP contribution in [0.5, 0.6) is 0 Å². The van der Waals surface area contributed by atoms with Crippen LogP contribution in [0.3, 0.4) is 0 Å². The van der Waals surface area contributed by atoms with Gasteiger partial charge in [0.1, 0.15) is 0 Å². The lowest BCUT2D eigenvalue weighted by Crippen LogP contribution is -2.51. The second-order valence-corrected chi connectivity index (χ2v) is 7.04. The van der Waals surface area contributed by atoms with Crippen LogP contribution in [0.15, 0.2) is 0 Å². The number of rotatable bonds is 4. The smallest absolute Gasteiger partial charge is 0.0710 e. The average molecular weight is 268 g/mol. The molecule has 0 aromatic carbocycles. The summed E-state index contributed by atoms with van der Waals surface area (Å²) in [7, 11) is 0. The molecule has 0 saturated carbocycles. The lowest BCUT2D eigenvalue weighted by Gasteiger charge is -2.36. The zero-order valence-corrected chi connectivity index (χ0v) is 13.3. The van der Waals surface area contributed by atoms with Crippen LogP contribution in [0.4, 0.5) is 0 Å². The van der Waals surface area contributed by atoms with E-state index in [1.807, 2.05) is 0 Å². The van der Waals surface area contributed by atoms with Gasteiger partial charge < -0.3 is 10.1 Å². The van der Waals surface area contributed by atoms with Crippen LogP contribution >= 0.6 is 0 Å². The van der Waals surface area contributed by atoms with Crippen LogP contribution in [0, 0.1) is 0 Å². The maximum Gasteiger partial charge on any atom is 0.0710 e. The molecule has 0 aromatic heterocycles. The van der Waals surface area contributed by atoms with Crippen molar-refractivity contribution in [3.05, 3.63) is 0 Å². The van der Waals surface area contributed by atoms with Crippen molar-refractivity contribution in [2.75, 3.05) is 26.2 Å². The maximum absolute atomic E-state index is 6.17. The normalized spacial score (nSPS) is 31.3. The minimum atomic E-state index is 0.0986. The van der Waals surface area contributed by atoms with Gasteiger partial charge in [-0.1, -0.05) is 13.8 Å². The molecule has 2 aliphatic rings. The molecule has 2 rings (SSSR count). The van der Waals surface area contributed by atoms with Crippen molar-refractivity contribution < 1.29 is 4.74 Å². The first-order chi connectivity index (χ1) is 8.99. The molecule has 1 atom stereocenters. The van der Waals surface area contributed by atoms with E-state index in [0.29, 0.717) is 11.6 Å². The highest BCUT2D eigenvalue weighted by Crippen LogP contribution is 2.30. The molecule has 2 aliphatic heterocycles. The van der Waals surface area contributed by atoms with Crippen LogP contribution < -0.4 is 5.32 Å². The van der Waals surface area contributed by atoms with Gasteiger partial charge in [0.15, 0.2) is 0 Å². The van der Waals surface area contributed by atoms with Gasteiger partial charge in [0.05, 0.1) is 11.7 Å². The minimum Gasteiger partial charge on any atom is -0.371 e. The zero-order chi connectivity index (χ0) is 13.9. The number of hydrogen-bond donors (Lipinski definition) is 1. The van der Waals surface area contributed by atoms with Gasteiger partial charge in [-0.05, 0) is 59.0 Å². The first kappa shape index (κ1) is 15.3. The molecular formula is C16H32N2O. The number of nitrogens with one attached hydrogen (secondary N) is 1. The van der Waals surface area contributed by atoms with E-state index in [9.17, 15) is 0 Å². The lowest BCUT2D eigenvalue weighted by atomic mass is 9.92. The first-order valence-corrected chi connectivity index (χ1v) is 8.14. The van der Waals surface area contributed by atoms with E-state index >= 15 is 0 Å². The van der Waals surface area contributed by atoms with E-state index in [1.165, 1.54) is 45.2 Å². The Hall–Kier alpha value is -0.120. The van der Waals surface area contributed by atoms with Crippen molar-refractivity contribution in [2.24, 2.45) is 0 Å². The largest absolute Gasteiger partial charge is 0.371 e. The van der Waals surface area contributed by atoms with Gasteiger partial charge in [-0.3, -0.25) is 4.90 Å². The van der Waals surface area contributed by atoms with Crippen LogP contribution in [0.2, 0.25) is 0 Å². The third kappa shape index (κ3) is 3.93. The van der Waals surface area contributed by atoms with Gasteiger partial charge in [0.2, 0.25) is 0 Å². The predicted octanol–water partition coefficient (Wildman–Crippen LogP) is 2.80. The molecule has 0 radical (unpaired) electrons. The van der Waals surface area contributed by atoms with Crippen molar-refractivity contribution in [1.82, 2.24) is 10.2 Å². The fourth-order valence-electron chi connectivity index (χ4n) is 3.59. The monoisotopic (exact) mass is 268 g/mol. The summed E-state index contributed by atoms with van der Waals surface area (Å²) in [6.07, 6.45) is 6.57. The van der Waals surface area contributed by atoms with Crippen molar-refractivity contribution in [3.8, 4) is 0 Å². The Labute approximate surface area is 119 Å².